The quantitative estimate of drug-likeness (QED) is 0.300. The van der Waals surface area contributed by atoms with Crippen molar-refractivity contribution in [2.45, 2.75) is 0 Å². The normalized spacial score (nSPS) is 15.6. The van der Waals surface area contributed by atoms with Crippen molar-refractivity contribution in [1.29, 1.82) is 0 Å². The molecule has 3 rings (SSSR count). The predicted octanol–water partition coefficient (Wildman–Crippen LogP) is 5.75. The molecule has 1 saturated heterocycles. The fourth-order valence-electron chi connectivity index (χ4n) is 2.30. The number of carbonyl (C=O) groups excluding carboxylic acids is 2. The average molecular weight is 498 g/mol. The van der Waals surface area contributed by atoms with Crippen LogP contribution < -0.4 is 9.64 Å². The zero-order chi connectivity index (χ0) is 18.7. The Morgan fingerprint density at radius 3 is 2.58 bits per heavy atom. The minimum Gasteiger partial charge on any atom is -0.488 e. The number of carbonyl (C=O) groups is 2. The minimum absolute atomic E-state index is 0.329. The van der Waals surface area contributed by atoms with Crippen LogP contribution in [0.5, 0.6) is 5.75 Å². The summed E-state index contributed by atoms with van der Waals surface area (Å²) in [6.07, 6.45) is 3.39. The molecule has 2 aromatic rings. The van der Waals surface area contributed by atoms with E-state index in [0.29, 0.717) is 22.2 Å². The molecular formula is C19H13ClINO3S. The fraction of sp³-hybridized carbons (Fsp3) is 0.0526. The van der Waals surface area contributed by atoms with Gasteiger partial charge in [0, 0.05) is 5.02 Å². The van der Waals surface area contributed by atoms with E-state index in [4.69, 9.17) is 16.3 Å². The molecule has 0 unspecified atom stereocenters. The fourth-order valence-corrected chi connectivity index (χ4v) is 3.97. The number of hydrogen-bond acceptors (Lipinski definition) is 4. The number of amides is 2. The Kier molecular flexibility index (Phi) is 6.05. The number of hydrogen-bond donors (Lipinski definition) is 0. The van der Waals surface area contributed by atoms with Crippen molar-refractivity contribution in [2.24, 2.45) is 0 Å². The van der Waals surface area contributed by atoms with E-state index in [1.807, 2.05) is 18.2 Å². The first-order valence-corrected chi connectivity index (χ1v) is 9.83. The van der Waals surface area contributed by atoms with E-state index in [2.05, 4.69) is 29.2 Å². The molecule has 26 heavy (non-hydrogen) atoms. The molecule has 2 aromatic carbocycles. The molecule has 0 spiro atoms. The van der Waals surface area contributed by atoms with Crippen LogP contribution in [0.4, 0.5) is 10.5 Å². The Hall–Kier alpha value is -1.77. The van der Waals surface area contributed by atoms with Gasteiger partial charge < -0.3 is 4.74 Å². The van der Waals surface area contributed by atoms with E-state index in [1.165, 1.54) is 0 Å². The molecule has 0 aliphatic carbocycles. The predicted molar refractivity (Wildman–Crippen MR) is 115 cm³/mol. The topological polar surface area (TPSA) is 46.6 Å². The van der Waals surface area contributed by atoms with Crippen LogP contribution >= 0.6 is 46.0 Å². The van der Waals surface area contributed by atoms with Crippen LogP contribution in [-0.2, 0) is 4.79 Å². The third-order valence-electron chi connectivity index (χ3n) is 3.49. The van der Waals surface area contributed by atoms with Gasteiger partial charge in [0.05, 0.1) is 14.2 Å². The summed E-state index contributed by atoms with van der Waals surface area (Å²) < 4.78 is 6.45. The van der Waals surface area contributed by atoms with Gasteiger partial charge in [-0.25, -0.2) is 4.90 Å². The molecule has 1 aliphatic heterocycles. The maximum atomic E-state index is 12.6. The standard InChI is InChI=1S/C19H13ClINO3S/c1-2-9-25-16-8-3-12(10-15(16)21)11-17-18(23)22(19(24)26-17)14-6-4-13(20)5-7-14/h2-8,10-11H,1,9H2/b17-11+. The Balaban J connectivity index is 1.84. The number of anilines is 1. The first-order valence-electron chi connectivity index (χ1n) is 7.56. The number of rotatable bonds is 5. The molecule has 4 nitrogen and oxygen atoms in total. The van der Waals surface area contributed by atoms with E-state index >= 15 is 0 Å². The van der Waals surface area contributed by atoms with Crippen molar-refractivity contribution >= 4 is 68.9 Å². The highest BCUT2D eigenvalue weighted by Gasteiger charge is 2.36. The van der Waals surface area contributed by atoms with E-state index in [1.54, 1.807) is 36.4 Å². The largest absolute Gasteiger partial charge is 0.488 e. The lowest BCUT2D eigenvalue weighted by Gasteiger charge is -2.12. The smallest absolute Gasteiger partial charge is 0.298 e. The van der Waals surface area contributed by atoms with Gasteiger partial charge in [0.15, 0.2) is 0 Å². The highest BCUT2D eigenvalue weighted by molar-refractivity contribution is 14.1. The van der Waals surface area contributed by atoms with Gasteiger partial charge in [0.1, 0.15) is 12.4 Å². The molecule has 0 radical (unpaired) electrons. The lowest BCUT2D eigenvalue weighted by molar-refractivity contribution is -0.113. The summed E-state index contributed by atoms with van der Waals surface area (Å²) >= 11 is 8.95. The second-order valence-corrected chi connectivity index (χ2v) is 7.87. The number of benzene rings is 2. The zero-order valence-electron chi connectivity index (χ0n) is 13.4. The van der Waals surface area contributed by atoms with Crippen molar-refractivity contribution < 1.29 is 14.3 Å². The highest BCUT2D eigenvalue weighted by Crippen LogP contribution is 2.36. The van der Waals surface area contributed by atoms with Crippen molar-refractivity contribution in [3.63, 3.8) is 0 Å². The number of nitrogens with zero attached hydrogens (tertiary/aromatic N) is 1. The summed E-state index contributed by atoms with van der Waals surface area (Å²) in [5, 5.41) is 0.216. The zero-order valence-corrected chi connectivity index (χ0v) is 17.2. The molecule has 0 atom stereocenters. The van der Waals surface area contributed by atoms with E-state index in [9.17, 15) is 9.59 Å². The van der Waals surface area contributed by atoms with Crippen LogP contribution in [0.1, 0.15) is 5.56 Å². The van der Waals surface area contributed by atoms with E-state index < -0.39 is 0 Å². The Bertz CT molecular complexity index is 912. The number of thioether (sulfide) groups is 1. The van der Waals surface area contributed by atoms with Gasteiger partial charge >= 0.3 is 0 Å². The van der Waals surface area contributed by atoms with Crippen molar-refractivity contribution in [3.05, 3.63) is 74.2 Å². The van der Waals surface area contributed by atoms with Crippen LogP contribution in [0.25, 0.3) is 6.08 Å². The monoisotopic (exact) mass is 497 g/mol. The molecule has 0 aromatic heterocycles. The Labute approximate surface area is 174 Å². The van der Waals surface area contributed by atoms with Crippen LogP contribution in [-0.4, -0.2) is 17.8 Å². The van der Waals surface area contributed by atoms with Gasteiger partial charge in [-0.3, -0.25) is 9.59 Å². The maximum Gasteiger partial charge on any atom is 0.298 e. The van der Waals surface area contributed by atoms with Crippen LogP contribution in [0, 0.1) is 3.57 Å². The van der Waals surface area contributed by atoms with Gasteiger partial charge in [-0.15, -0.1) is 0 Å². The van der Waals surface area contributed by atoms with E-state index in [-0.39, 0.29) is 11.1 Å². The van der Waals surface area contributed by atoms with Crippen LogP contribution in [0.15, 0.2) is 60.0 Å². The SMILES string of the molecule is C=CCOc1ccc(/C=C2/SC(=O)N(c3ccc(Cl)cc3)C2=O)cc1I. The van der Waals surface area contributed by atoms with E-state index in [0.717, 1.165) is 31.5 Å². The van der Waals surface area contributed by atoms with Crippen LogP contribution in [0.2, 0.25) is 5.02 Å². The molecule has 132 valence electrons. The second kappa shape index (κ2) is 8.28. The molecule has 0 bridgehead atoms. The second-order valence-electron chi connectivity index (χ2n) is 5.28. The molecule has 1 aliphatic rings. The highest BCUT2D eigenvalue weighted by atomic mass is 127. The molecule has 0 N–H and O–H groups in total. The molecule has 1 heterocycles. The minimum atomic E-state index is -0.343. The Morgan fingerprint density at radius 2 is 1.92 bits per heavy atom. The van der Waals surface area contributed by atoms with Gasteiger partial charge in [-0.2, -0.15) is 0 Å². The lowest BCUT2D eigenvalue weighted by atomic mass is 10.2. The maximum absolute atomic E-state index is 12.6. The molecular weight excluding hydrogens is 485 g/mol. The third-order valence-corrected chi connectivity index (χ3v) is 5.45. The van der Waals surface area contributed by atoms with Crippen molar-refractivity contribution in [3.8, 4) is 5.75 Å². The summed E-state index contributed by atoms with van der Waals surface area (Å²) in [5.74, 6) is 0.404. The number of halogens is 2. The van der Waals surface area contributed by atoms with Gasteiger partial charge in [0.2, 0.25) is 0 Å². The third kappa shape index (κ3) is 4.13. The summed E-state index contributed by atoms with van der Waals surface area (Å²) in [6.45, 7) is 4.05. The van der Waals surface area contributed by atoms with Gasteiger partial charge in [0.25, 0.3) is 11.1 Å². The lowest BCUT2D eigenvalue weighted by Crippen LogP contribution is -2.27. The first-order chi connectivity index (χ1) is 12.5. The van der Waals surface area contributed by atoms with Crippen molar-refractivity contribution in [2.75, 3.05) is 11.5 Å². The Morgan fingerprint density at radius 1 is 1.19 bits per heavy atom. The summed E-state index contributed by atoms with van der Waals surface area (Å²) in [4.78, 5) is 26.4. The first kappa shape index (κ1) is 19.0. The molecule has 1 fully saturated rings. The molecule has 7 heteroatoms. The number of imide groups is 1. The summed E-state index contributed by atoms with van der Waals surface area (Å²) in [7, 11) is 0. The number of ether oxygens (including phenoxy) is 1. The average Bonchev–Trinajstić information content (AvgIpc) is 2.89. The molecule has 0 saturated carbocycles. The molecule has 2 amide bonds. The van der Waals surface area contributed by atoms with Gasteiger partial charge in [-0.05, 0) is 82.4 Å². The van der Waals surface area contributed by atoms with Crippen LogP contribution in [0.3, 0.4) is 0 Å². The van der Waals surface area contributed by atoms with Crippen molar-refractivity contribution in [1.82, 2.24) is 0 Å². The van der Waals surface area contributed by atoms with Gasteiger partial charge in [-0.1, -0.05) is 30.3 Å². The summed E-state index contributed by atoms with van der Waals surface area (Å²) in [6, 6.07) is 12.2. The summed E-state index contributed by atoms with van der Waals surface area (Å²) in [5.41, 5.74) is 1.32.